The lowest BCUT2D eigenvalue weighted by molar-refractivity contribution is -0.147. The Morgan fingerprint density at radius 1 is 1.02 bits per heavy atom. The number of carbonyl (C=O) groups is 3. The van der Waals surface area contributed by atoms with E-state index >= 15 is 0 Å². The lowest BCUT2D eigenvalue weighted by atomic mass is 9.95. The number of hydrogen-bond acceptors (Lipinski definition) is 6. The van der Waals surface area contributed by atoms with Crippen molar-refractivity contribution >= 4 is 17.7 Å². The molecule has 3 aromatic rings. The number of amides is 3. The van der Waals surface area contributed by atoms with Gasteiger partial charge in [0.2, 0.25) is 5.91 Å². The number of nitrogens with one attached hydrogen (secondary N) is 2. The number of ether oxygens (including phenoxy) is 1. The van der Waals surface area contributed by atoms with Gasteiger partial charge in [0.15, 0.2) is 6.10 Å². The van der Waals surface area contributed by atoms with Crippen LogP contribution in [0.1, 0.15) is 58.9 Å². The van der Waals surface area contributed by atoms with Crippen molar-refractivity contribution in [2.45, 2.75) is 69.9 Å². The Hall–Kier alpha value is -4.21. The number of hydrogen-bond donors (Lipinski definition) is 4. The summed E-state index contributed by atoms with van der Waals surface area (Å²) >= 11 is 0. The first kappa shape index (κ1) is 29.3. The molecule has 1 aliphatic carbocycles. The van der Waals surface area contributed by atoms with Crippen LogP contribution >= 0.6 is 0 Å². The van der Waals surface area contributed by atoms with Gasteiger partial charge in [0.1, 0.15) is 18.5 Å². The largest absolute Gasteiger partial charge is 0.508 e. The second kappa shape index (κ2) is 12.0. The van der Waals surface area contributed by atoms with Gasteiger partial charge < -0.3 is 30.5 Å². The fraction of sp³-hybridized carbons (Fsp3) is 0.364. The summed E-state index contributed by atoms with van der Waals surface area (Å²) in [5.41, 5.74) is 2.66. The van der Waals surface area contributed by atoms with Gasteiger partial charge in [-0.15, -0.1) is 0 Å². The first-order valence-corrected chi connectivity index (χ1v) is 14.2. The van der Waals surface area contributed by atoms with E-state index in [0.29, 0.717) is 5.56 Å². The summed E-state index contributed by atoms with van der Waals surface area (Å²) in [5, 5.41) is 27.5. The number of rotatable bonds is 8. The third kappa shape index (κ3) is 5.89. The Balaban J connectivity index is 1.37. The number of benzene rings is 3. The molecule has 3 amide bonds. The van der Waals surface area contributed by atoms with Crippen molar-refractivity contribution < 1.29 is 29.3 Å². The topological polar surface area (TPSA) is 128 Å². The molecule has 4 N–H and O–H groups in total. The van der Waals surface area contributed by atoms with Crippen LogP contribution in [-0.2, 0) is 27.2 Å². The third-order valence-electron chi connectivity index (χ3n) is 8.33. The summed E-state index contributed by atoms with van der Waals surface area (Å²) < 4.78 is 5.89. The molecule has 1 saturated heterocycles. The zero-order valence-corrected chi connectivity index (χ0v) is 24.0. The minimum atomic E-state index is -1.67. The van der Waals surface area contributed by atoms with Gasteiger partial charge in [-0.2, -0.15) is 0 Å². The first-order chi connectivity index (χ1) is 20.1. The molecule has 0 saturated carbocycles. The van der Waals surface area contributed by atoms with Crippen LogP contribution in [0.2, 0.25) is 0 Å². The summed E-state index contributed by atoms with van der Waals surface area (Å²) in [7, 11) is 0. The van der Waals surface area contributed by atoms with Crippen LogP contribution in [0, 0.1) is 6.92 Å². The summed E-state index contributed by atoms with van der Waals surface area (Å²) in [4.78, 5) is 42.1. The van der Waals surface area contributed by atoms with Crippen molar-refractivity contribution in [2.24, 2.45) is 0 Å². The second-order valence-corrected chi connectivity index (χ2v) is 11.6. The molecule has 220 valence electrons. The molecule has 1 aliphatic heterocycles. The Morgan fingerprint density at radius 3 is 2.50 bits per heavy atom. The van der Waals surface area contributed by atoms with Gasteiger partial charge in [-0.25, -0.2) is 0 Å². The monoisotopic (exact) mass is 571 g/mol. The fourth-order valence-corrected chi connectivity index (χ4v) is 5.94. The fourth-order valence-electron chi connectivity index (χ4n) is 5.94. The van der Waals surface area contributed by atoms with Crippen LogP contribution in [0.5, 0.6) is 5.75 Å². The number of fused-ring (bicyclic) bond motifs is 1. The highest BCUT2D eigenvalue weighted by molar-refractivity contribution is 5.97. The highest BCUT2D eigenvalue weighted by Gasteiger charge is 2.51. The van der Waals surface area contributed by atoms with Crippen LogP contribution in [0.3, 0.4) is 0 Å². The van der Waals surface area contributed by atoms with Gasteiger partial charge in [-0.05, 0) is 68.9 Å². The molecule has 2 unspecified atom stereocenters. The van der Waals surface area contributed by atoms with Gasteiger partial charge in [0, 0.05) is 11.1 Å². The normalized spacial score (nSPS) is 20.4. The predicted octanol–water partition coefficient (Wildman–Crippen LogP) is 3.17. The van der Waals surface area contributed by atoms with Gasteiger partial charge >= 0.3 is 0 Å². The third-order valence-corrected chi connectivity index (χ3v) is 8.33. The van der Waals surface area contributed by atoms with E-state index in [2.05, 4.69) is 16.7 Å². The van der Waals surface area contributed by atoms with Crippen molar-refractivity contribution in [1.29, 1.82) is 0 Å². The van der Waals surface area contributed by atoms with Gasteiger partial charge in [-0.3, -0.25) is 14.4 Å². The van der Waals surface area contributed by atoms with Crippen LogP contribution in [0.25, 0.3) is 0 Å². The minimum absolute atomic E-state index is 0.0333. The number of phenolic OH excluding ortho intramolecular Hbond substituents is 1. The van der Waals surface area contributed by atoms with Crippen LogP contribution in [0.4, 0.5) is 0 Å². The van der Waals surface area contributed by atoms with Crippen LogP contribution in [0.15, 0.2) is 72.8 Å². The summed E-state index contributed by atoms with van der Waals surface area (Å²) in [6.07, 6.45) is 0.0966. The molecule has 2 aliphatic rings. The Morgan fingerprint density at radius 2 is 1.74 bits per heavy atom. The maximum Gasteiger partial charge on any atom is 0.256 e. The molecular formula is C33H37N3O6. The SMILES string of the molecule is Cc1c(O)cccc1C(=O)NC(Cc1ccccc1)[C@H](O)C(=O)N1COC(C)(C)[C@H]1C(=O)NC1CCc2ccccc21. The zero-order chi connectivity index (χ0) is 30.0. The van der Waals surface area contributed by atoms with E-state index in [-0.39, 0.29) is 36.4 Å². The van der Waals surface area contributed by atoms with Crippen molar-refractivity contribution in [2.75, 3.05) is 6.73 Å². The number of nitrogens with zero attached hydrogens (tertiary/aromatic N) is 1. The molecule has 0 spiro atoms. The van der Waals surface area contributed by atoms with Gasteiger partial charge in [0.05, 0.1) is 17.7 Å². The Kier molecular flexibility index (Phi) is 8.34. The predicted molar refractivity (Wildman–Crippen MR) is 157 cm³/mol. The number of aliphatic hydroxyl groups excluding tert-OH is 1. The van der Waals surface area contributed by atoms with E-state index in [1.807, 2.05) is 48.5 Å². The highest BCUT2D eigenvalue weighted by atomic mass is 16.5. The maximum atomic E-state index is 13.9. The van der Waals surface area contributed by atoms with E-state index in [0.717, 1.165) is 24.0 Å². The average molecular weight is 572 g/mol. The van der Waals surface area contributed by atoms with Crippen molar-refractivity contribution in [1.82, 2.24) is 15.5 Å². The van der Waals surface area contributed by atoms with Gasteiger partial charge in [-0.1, -0.05) is 60.7 Å². The van der Waals surface area contributed by atoms with Gasteiger partial charge in [0.25, 0.3) is 11.8 Å². The van der Waals surface area contributed by atoms with E-state index in [1.165, 1.54) is 16.5 Å². The molecule has 42 heavy (non-hydrogen) atoms. The number of phenols is 1. The molecule has 3 aromatic carbocycles. The molecule has 5 rings (SSSR count). The summed E-state index contributed by atoms with van der Waals surface area (Å²) in [6.45, 7) is 4.92. The molecule has 0 bridgehead atoms. The number of aryl methyl sites for hydroxylation is 1. The zero-order valence-electron chi connectivity index (χ0n) is 24.0. The standard InChI is InChI=1S/C33H37N3O6/c1-20-23(14-9-15-27(20)37)30(39)35-26(18-21-10-5-4-6-11-21)28(38)32(41)36-19-42-33(2,3)29(36)31(40)34-25-17-16-22-12-7-8-13-24(22)25/h4-15,25-26,28-29,37-38H,16-19H2,1-3H3,(H,34,40)(H,35,39)/t25?,26?,28-,29+/m0/s1. The van der Waals surface area contributed by atoms with Crippen molar-refractivity contribution in [3.8, 4) is 5.75 Å². The second-order valence-electron chi connectivity index (χ2n) is 11.6. The quantitative estimate of drug-likeness (QED) is 0.329. The highest BCUT2D eigenvalue weighted by Crippen LogP contribution is 2.33. The first-order valence-electron chi connectivity index (χ1n) is 14.2. The molecular weight excluding hydrogens is 534 g/mol. The molecule has 1 heterocycles. The number of carbonyl (C=O) groups excluding carboxylic acids is 3. The summed E-state index contributed by atoms with van der Waals surface area (Å²) in [5.74, 6) is -1.65. The van der Waals surface area contributed by atoms with Crippen LogP contribution in [-0.4, -0.2) is 63.4 Å². The summed E-state index contributed by atoms with van der Waals surface area (Å²) in [6, 6.07) is 19.6. The average Bonchev–Trinajstić information content (AvgIpc) is 3.53. The Bertz CT molecular complexity index is 1470. The van der Waals surface area contributed by atoms with Crippen molar-refractivity contribution in [3.05, 3.63) is 101 Å². The van der Waals surface area contributed by atoms with Crippen LogP contribution < -0.4 is 10.6 Å². The molecule has 9 heteroatoms. The lowest BCUT2D eigenvalue weighted by Gasteiger charge is -2.33. The molecule has 1 fully saturated rings. The molecule has 0 aromatic heterocycles. The van der Waals surface area contributed by atoms with E-state index < -0.39 is 35.6 Å². The van der Waals surface area contributed by atoms with E-state index in [9.17, 15) is 24.6 Å². The molecule has 4 atom stereocenters. The number of aliphatic hydroxyl groups is 1. The molecule has 9 nitrogen and oxygen atoms in total. The number of aromatic hydroxyl groups is 1. The van der Waals surface area contributed by atoms with E-state index in [1.54, 1.807) is 32.9 Å². The Labute approximate surface area is 245 Å². The lowest BCUT2D eigenvalue weighted by Crippen LogP contribution is -2.59. The van der Waals surface area contributed by atoms with Crippen molar-refractivity contribution in [3.63, 3.8) is 0 Å². The maximum absolute atomic E-state index is 13.9. The van der Waals surface area contributed by atoms with E-state index in [4.69, 9.17) is 4.74 Å². The molecule has 0 radical (unpaired) electrons. The minimum Gasteiger partial charge on any atom is -0.508 e. The smallest absolute Gasteiger partial charge is 0.256 e.